The molecule has 0 aliphatic rings. The number of fused-ring (bicyclic) bond motifs is 1. The molecule has 0 bridgehead atoms. The fraction of sp³-hybridized carbons (Fsp3) is 0.185. The summed E-state index contributed by atoms with van der Waals surface area (Å²) >= 11 is 0. The number of carbonyl (C=O) groups is 4. The van der Waals surface area contributed by atoms with Crippen LogP contribution < -0.4 is 18.9 Å². The number of esters is 4. The van der Waals surface area contributed by atoms with Gasteiger partial charge in [-0.25, -0.2) is 19.2 Å². The predicted molar refractivity (Wildman–Crippen MR) is 130 cm³/mol. The second-order valence-corrected chi connectivity index (χ2v) is 8.04. The standard InChI is InChI=1S/C27H26O8/c1-13(2)24(28)32-20-10-17(9)23(35-27(31)16(7)8)19-12-22(34-26(30)15(5)6)21(11-18(19)20)33-25(29)14(3)4/h10-12H,1,3,5,7H2,2,4,6,8-9H3. The van der Waals surface area contributed by atoms with Crippen LogP contribution in [0.5, 0.6) is 23.0 Å². The Bertz CT molecular complexity index is 1330. The van der Waals surface area contributed by atoms with E-state index in [1.807, 2.05) is 0 Å². The van der Waals surface area contributed by atoms with Gasteiger partial charge in [-0.3, -0.25) is 0 Å². The lowest BCUT2D eigenvalue weighted by atomic mass is 10.0. The molecule has 2 aromatic rings. The van der Waals surface area contributed by atoms with Crippen LogP contribution in [0.25, 0.3) is 10.8 Å². The molecule has 182 valence electrons. The molecule has 0 aliphatic carbocycles. The van der Waals surface area contributed by atoms with E-state index in [4.69, 9.17) is 18.9 Å². The van der Waals surface area contributed by atoms with Crippen molar-refractivity contribution in [2.75, 3.05) is 0 Å². The molecule has 0 heterocycles. The molecule has 35 heavy (non-hydrogen) atoms. The first-order valence-electron chi connectivity index (χ1n) is 10.3. The minimum Gasteiger partial charge on any atom is -0.423 e. The van der Waals surface area contributed by atoms with E-state index in [0.717, 1.165) is 0 Å². The third-order valence-corrected chi connectivity index (χ3v) is 4.50. The summed E-state index contributed by atoms with van der Waals surface area (Å²) in [7, 11) is 0. The minimum atomic E-state index is -0.779. The van der Waals surface area contributed by atoms with Gasteiger partial charge in [0.25, 0.3) is 0 Å². The van der Waals surface area contributed by atoms with Gasteiger partial charge in [0.2, 0.25) is 0 Å². The van der Waals surface area contributed by atoms with Crippen molar-refractivity contribution < 1.29 is 38.1 Å². The molecule has 2 rings (SSSR count). The van der Waals surface area contributed by atoms with Crippen molar-refractivity contribution in [3.63, 3.8) is 0 Å². The van der Waals surface area contributed by atoms with E-state index in [1.54, 1.807) is 6.92 Å². The van der Waals surface area contributed by atoms with Crippen molar-refractivity contribution in [2.24, 2.45) is 0 Å². The maximum atomic E-state index is 12.3. The van der Waals surface area contributed by atoms with E-state index in [0.29, 0.717) is 5.56 Å². The molecule has 0 atom stereocenters. The Morgan fingerprint density at radius 3 is 1.29 bits per heavy atom. The smallest absolute Gasteiger partial charge is 0.338 e. The van der Waals surface area contributed by atoms with Gasteiger partial charge in [0.05, 0.1) is 0 Å². The number of hydrogen-bond donors (Lipinski definition) is 0. The molecule has 0 aliphatic heterocycles. The van der Waals surface area contributed by atoms with Crippen molar-refractivity contribution in [1.82, 2.24) is 0 Å². The van der Waals surface area contributed by atoms with Crippen molar-refractivity contribution in [3.05, 3.63) is 72.4 Å². The number of benzene rings is 2. The zero-order chi connectivity index (χ0) is 26.6. The lowest BCUT2D eigenvalue weighted by Gasteiger charge is -2.18. The van der Waals surface area contributed by atoms with Gasteiger partial charge >= 0.3 is 23.9 Å². The highest BCUT2D eigenvalue weighted by Crippen LogP contribution is 2.43. The number of aryl methyl sites for hydroxylation is 1. The molecule has 0 radical (unpaired) electrons. The molecule has 8 nitrogen and oxygen atoms in total. The van der Waals surface area contributed by atoms with E-state index in [2.05, 4.69) is 26.3 Å². The molecule has 0 saturated carbocycles. The summed E-state index contributed by atoms with van der Waals surface area (Å²) < 4.78 is 21.7. The molecule has 2 aromatic carbocycles. The highest BCUT2D eigenvalue weighted by atomic mass is 16.6. The van der Waals surface area contributed by atoms with Gasteiger partial charge in [-0.1, -0.05) is 26.3 Å². The summed E-state index contributed by atoms with van der Waals surface area (Å²) in [6.45, 7) is 21.7. The predicted octanol–water partition coefficient (Wildman–Crippen LogP) is 5.07. The molecule has 0 N–H and O–H groups in total. The summed E-state index contributed by atoms with van der Waals surface area (Å²) in [6, 6.07) is 4.15. The minimum absolute atomic E-state index is 0.0750. The molecule has 0 amide bonds. The lowest BCUT2D eigenvalue weighted by Crippen LogP contribution is -2.14. The quantitative estimate of drug-likeness (QED) is 0.294. The van der Waals surface area contributed by atoms with Crippen LogP contribution in [-0.4, -0.2) is 23.9 Å². The Morgan fingerprint density at radius 1 is 0.543 bits per heavy atom. The van der Waals surface area contributed by atoms with E-state index in [1.165, 1.54) is 45.9 Å². The van der Waals surface area contributed by atoms with E-state index in [9.17, 15) is 19.2 Å². The normalized spacial score (nSPS) is 10.2. The average Bonchev–Trinajstić information content (AvgIpc) is 2.76. The molecule has 0 unspecified atom stereocenters. The van der Waals surface area contributed by atoms with Crippen LogP contribution in [0.2, 0.25) is 0 Å². The Hall–Kier alpha value is -4.46. The zero-order valence-corrected chi connectivity index (χ0v) is 20.3. The van der Waals surface area contributed by atoms with E-state index < -0.39 is 23.9 Å². The largest absolute Gasteiger partial charge is 0.423 e. The topological polar surface area (TPSA) is 105 Å². The van der Waals surface area contributed by atoms with Crippen molar-refractivity contribution in [3.8, 4) is 23.0 Å². The Balaban J connectivity index is 2.90. The van der Waals surface area contributed by atoms with Crippen LogP contribution in [0.15, 0.2) is 66.8 Å². The number of rotatable bonds is 8. The third-order valence-electron chi connectivity index (χ3n) is 4.50. The SMILES string of the molecule is C=C(C)C(=O)Oc1cc2c(OC(=O)C(=C)C)cc(C)c(OC(=O)C(=C)C)c2cc1OC(=O)C(=C)C. The summed E-state index contributed by atoms with van der Waals surface area (Å²) in [5, 5.41) is 0.470. The van der Waals surface area contributed by atoms with Crippen molar-refractivity contribution >= 4 is 34.6 Å². The first-order chi connectivity index (χ1) is 16.2. The maximum Gasteiger partial charge on any atom is 0.338 e. The Kier molecular flexibility index (Phi) is 8.15. The zero-order valence-electron chi connectivity index (χ0n) is 20.3. The molecule has 0 fully saturated rings. The average molecular weight is 478 g/mol. The third kappa shape index (κ3) is 6.32. The van der Waals surface area contributed by atoms with Gasteiger partial charge < -0.3 is 18.9 Å². The molecule has 0 spiro atoms. The maximum absolute atomic E-state index is 12.3. The summed E-state index contributed by atoms with van der Waals surface area (Å²) in [5.41, 5.74) is 0.916. The van der Waals surface area contributed by atoms with Crippen LogP contribution in [-0.2, 0) is 19.2 Å². The molecule has 0 aromatic heterocycles. The number of ether oxygens (including phenoxy) is 4. The summed E-state index contributed by atoms with van der Waals surface area (Å²) in [6.07, 6.45) is 0. The van der Waals surface area contributed by atoms with Gasteiger partial charge in [0.15, 0.2) is 11.5 Å². The lowest BCUT2D eigenvalue weighted by molar-refractivity contribution is -0.132. The number of carbonyl (C=O) groups excluding carboxylic acids is 4. The molecular weight excluding hydrogens is 452 g/mol. The molecular formula is C27H26O8. The highest BCUT2D eigenvalue weighted by Gasteiger charge is 2.23. The summed E-state index contributed by atoms with van der Waals surface area (Å²) in [4.78, 5) is 49.1. The van der Waals surface area contributed by atoms with Gasteiger partial charge in [-0.05, 0) is 58.4 Å². The number of hydrogen-bond acceptors (Lipinski definition) is 8. The molecule has 8 heteroatoms. The van der Waals surface area contributed by atoms with Gasteiger partial charge in [0.1, 0.15) is 11.5 Å². The molecule has 0 saturated heterocycles. The highest BCUT2D eigenvalue weighted by molar-refractivity contribution is 6.02. The van der Waals surface area contributed by atoms with Gasteiger partial charge in [0, 0.05) is 33.1 Å². The van der Waals surface area contributed by atoms with Gasteiger partial charge in [-0.15, -0.1) is 0 Å². The second kappa shape index (κ2) is 10.6. The first-order valence-corrected chi connectivity index (χ1v) is 10.3. The first kappa shape index (κ1) is 26.8. The monoisotopic (exact) mass is 478 g/mol. The van der Waals surface area contributed by atoms with Crippen LogP contribution in [0.3, 0.4) is 0 Å². The Labute approximate surface area is 203 Å². The van der Waals surface area contributed by atoms with Crippen LogP contribution in [0.1, 0.15) is 33.3 Å². The summed E-state index contributed by atoms with van der Waals surface area (Å²) in [5.74, 6) is -3.09. The van der Waals surface area contributed by atoms with E-state index >= 15 is 0 Å². The van der Waals surface area contributed by atoms with Crippen molar-refractivity contribution in [2.45, 2.75) is 34.6 Å². The van der Waals surface area contributed by atoms with Crippen molar-refractivity contribution in [1.29, 1.82) is 0 Å². The fourth-order valence-electron chi connectivity index (χ4n) is 2.62. The Morgan fingerprint density at radius 2 is 0.886 bits per heavy atom. The van der Waals surface area contributed by atoms with E-state index in [-0.39, 0.29) is 56.1 Å². The van der Waals surface area contributed by atoms with Crippen LogP contribution >= 0.6 is 0 Å². The second-order valence-electron chi connectivity index (χ2n) is 8.04. The fourth-order valence-corrected chi connectivity index (χ4v) is 2.62. The van der Waals surface area contributed by atoms with Crippen LogP contribution in [0, 0.1) is 6.92 Å². The van der Waals surface area contributed by atoms with Gasteiger partial charge in [-0.2, -0.15) is 0 Å². The van der Waals surface area contributed by atoms with Crippen LogP contribution in [0.4, 0.5) is 0 Å².